The van der Waals surface area contributed by atoms with Crippen LogP contribution in [0.1, 0.15) is 44.2 Å². The lowest BCUT2D eigenvalue weighted by Crippen LogP contribution is -2.19. The van der Waals surface area contributed by atoms with Crippen LogP contribution in [0.25, 0.3) is 0 Å². The van der Waals surface area contributed by atoms with E-state index < -0.39 is 0 Å². The molecule has 1 aromatic rings. The molecule has 0 saturated carbocycles. The lowest BCUT2D eigenvalue weighted by atomic mass is 9.97. The third kappa shape index (κ3) is 4.96. The van der Waals surface area contributed by atoms with Crippen molar-refractivity contribution < 1.29 is 4.79 Å². The number of rotatable bonds is 3. The molecule has 0 bridgehead atoms. The first kappa shape index (κ1) is 14.7. The number of carbonyl (C=O) groups excluding carboxylic acids is 1. The molecule has 0 aliphatic rings. The Balaban J connectivity index is 0.00000106. The van der Waals surface area contributed by atoms with Crippen molar-refractivity contribution in [1.82, 2.24) is 5.32 Å². The number of nitrogens with one attached hydrogen (secondary N) is 1. The quantitative estimate of drug-likeness (QED) is 0.834. The Morgan fingerprint density at radius 3 is 2.19 bits per heavy atom. The third-order valence-corrected chi connectivity index (χ3v) is 2.42. The van der Waals surface area contributed by atoms with Gasteiger partial charge >= 0.3 is 0 Å². The molecule has 2 heteroatoms. The molecule has 16 heavy (non-hydrogen) atoms. The molecule has 90 valence electrons. The Kier molecular flexibility index (Phi) is 7.27. The second-order valence-corrected chi connectivity index (χ2v) is 3.69. The summed E-state index contributed by atoms with van der Waals surface area (Å²) >= 11 is 0. The second-order valence-electron chi connectivity index (χ2n) is 3.69. The number of hydrogen-bond acceptors (Lipinski definition) is 1. The Hall–Kier alpha value is -1.31. The van der Waals surface area contributed by atoms with Crippen LogP contribution >= 0.6 is 0 Å². The maximum Gasteiger partial charge on any atom is 0.220 e. The van der Waals surface area contributed by atoms with Gasteiger partial charge in [0.2, 0.25) is 5.91 Å². The molecule has 1 N–H and O–H groups in total. The van der Waals surface area contributed by atoms with Crippen LogP contribution in [0, 0.1) is 6.92 Å². The van der Waals surface area contributed by atoms with Crippen LogP contribution in [0.5, 0.6) is 0 Å². The summed E-state index contributed by atoms with van der Waals surface area (Å²) < 4.78 is 0. The average Bonchev–Trinajstić information content (AvgIpc) is 2.32. The first-order chi connectivity index (χ1) is 7.63. The Bertz CT molecular complexity index is 303. The van der Waals surface area contributed by atoms with Crippen LogP contribution in [0.15, 0.2) is 24.3 Å². The monoisotopic (exact) mass is 221 g/mol. The van der Waals surface area contributed by atoms with Crippen molar-refractivity contribution in [3.8, 4) is 0 Å². The van der Waals surface area contributed by atoms with Crippen LogP contribution in [0.4, 0.5) is 0 Å². The van der Waals surface area contributed by atoms with Crippen LogP contribution in [0.3, 0.4) is 0 Å². The summed E-state index contributed by atoms with van der Waals surface area (Å²) in [6.45, 7) is 8.13. The third-order valence-electron chi connectivity index (χ3n) is 2.42. The van der Waals surface area contributed by atoms with E-state index in [2.05, 4.69) is 43.4 Å². The predicted molar refractivity (Wildman–Crippen MR) is 69.6 cm³/mol. The summed E-state index contributed by atoms with van der Waals surface area (Å²) in [5.41, 5.74) is 2.47. The van der Waals surface area contributed by atoms with Gasteiger partial charge < -0.3 is 5.32 Å². The van der Waals surface area contributed by atoms with Gasteiger partial charge in [-0.15, -0.1) is 0 Å². The van der Waals surface area contributed by atoms with E-state index in [4.69, 9.17) is 0 Å². The maximum absolute atomic E-state index is 11.2. The fourth-order valence-corrected chi connectivity index (χ4v) is 1.39. The molecule has 1 atom stereocenters. The van der Waals surface area contributed by atoms with Crippen molar-refractivity contribution in [2.45, 2.75) is 40.0 Å². The van der Waals surface area contributed by atoms with E-state index in [1.54, 1.807) is 7.05 Å². The molecule has 0 spiro atoms. The van der Waals surface area contributed by atoms with Crippen molar-refractivity contribution in [1.29, 1.82) is 0 Å². The fraction of sp³-hybridized carbons (Fsp3) is 0.500. The van der Waals surface area contributed by atoms with Crippen LogP contribution in [0.2, 0.25) is 0 Å². The van der Waals surface area contributed by atoms with Crippen LogP contribution in [-0.2, 0) is 4.79 Å². The van der Waals surface area contributed by atoms with Crippen molar-refractivity contribution >= 4 is 5.91 Å². The van der Waals surface area contributed by atoms with E-state index in [9.17, 15) is 4.79 Å². The average molecular weight is 221 g/mol. The largest absolute Gasteiger partial charge is 0.359 e. The lowest BCUT2D eigenvalue weighted by Gasteiger charge is -2.10. The van der Waals surface area contributed by atoms with Gasteiger partial charge in [-0.2, -0.15) is 0 Å². The molecule has 0 saturated heterocycles. The molecular weight excluding hydrogens is 198 g/mol. The SMILES string of the molecule is CC.CNC(=O)CC(C)c1ccc(C)cc1. The lowest BCUT2D eigenvalue weighted by molar-refractivity contribution is -0.120. The molecule has 2 nitrogen and oxygen atoms in total. The summed E-state index contributed by atoms with van der Waals surface area (Å²) in [5.74, 6) is 0.383. The van der Waals surface area contributed by atoms with Crippen molar-refractivity contribution in [3.63, 3.8) is 0 Å². The fourth-order valence-electron chi connectivity index (χ4n) is 1.39. The van der Waals surface area contributed by atoms with E-state index in [1.807, 2.05) is 13.8 Å². The maximum atomic E-state index is 11.2. The summed E-state index contributed by atoms with van der Waals surface area (Å²) in [4.78, 5) is 11.2. The Morgan fingerprint density at radius 2 is 1.75 bits per heavy atom. The summed E-state index contributed by atoms with van der Waals surface area (Å²) in [6, 6.07) is 8.33. The standard InChI is InChI=1S/C12H17NO.C2H6/c1-9-4-6-11(7-5-9)10(2)8-12(14)13-3;1-2/h4-7,10H,8H2,1-3H3,(H,13,14);1-2H3. The molecule has 0 heterocycles. The van der Waals surface area contributed by atoms with Crippen molar-refractivity contribution in [3.05, 3.63) is 35.4 Å². The highest BCUT2D eigenvalue weighted by molar-refractivity contribution is 5.76. The zero-order valence-corrected chi connectivity index (χ0v) is 11.0. The van der Waals surface area contributed by atoms with Crippen molar-refractivity contribution in [2.75, 3.05) is 7.05 Å². The first-order valence-corrected chi connectivity index (χ1v) is 5.90. The molecule has 1 amide bonds. The van der Waals surface area contributed by atoms with E-state index in [0.29, 0.717) is 6.42 Å². The number of amides is 1. The highest BCUT2D eigenvalue weighted by atomic mass is 16.1. The van der Waals surface area contributed by atoms with Gasteiger partial charge in [0.05, 0.1) is 0 Å². The molecule has 0 aromatic heterocycles. The smallest absolute Gasteiger partial charge is 0.220 e. The summed E-state index contributed by atoms with van der Waals surface area (Å²) in [6.07, 6.45) is 0.555. The number of aryl methyl sites for hydroxylation is 1. The van der Waals surface area contributed by atoms with E-state index in [0.717, 1.165) is 0 Å². The molecular formula is C14H23NO. The van der Waals surface area contributed by atoms with Gasteiger partial charge in [0.25, 0.3) is 0 Å². The molecule has 0 aliphatic carbocycles. The van der Waals surface area contributed by atoms with Gasteiger partial charge in [-0.3, -0.25) is 4.79 Å². The van der Waals surface area contributed by atoms with Gasteiger partial charge in [0.15, 0.2) is 0 Å². The molecule has 0 fully saturated rings. The topological polar surface area (TPSA) is 29.1 Å². The number of hydrogen-bond donors (Lipinski definition) is 1. The first-order valence-electron chi connectivity index (χ1n) is 5.90. The number of carbonyl (C=O) groups is 1. The minimum Gasteiger partial charge on any atom is -0.359 e. The van der Waals surface area contributed by atoms with Gasteiger partial charge in [-0.25, -0.2) is 0 Å². The van der Waals surface area contributed by atoms with Gasteiger partial charge in [-0.05, 0) is 18.4 Å². The van der Waals surface area contributed by atoms with Crippen LogP contribution in [-0.4, -0.2) is 13.0 Å². The van der Waals surface area contributed by atoms with Crippen molar-refractivity contribution in [2.24, 2.45) is 0 Å². The molecule has 1 aromatic carbocycles. The molecule has 0 radical (unpaired) electrons. The highest BCUT2D eigenvalue weighted by Gasteiger charge is 2.09. The van der Waals surface area contributed by atoms with Gasteiger partial charge in [0.1, 0.15) is 0 Å². The zero-order chi connectivity index (χ0) is 12.6. The Morgan fingerprint density at radius 1 is 1.25 bits per heavy atom. The van der Waals surface area contributed by atoms with E-state index in [1.165, 1.54) is 11.1 Å². The zero-order valence-electron chi connectivity index (χ0n) is 11.0. The molecule has 0 aliphatic heterocycles. The van der Waals surface area contributed by atoms with E-state index >= 15 is 0 Å². The van der Waals surface area contributed by atoms with E-state index in [-0.39, 0.29) is 11.8 Å². The minimum absolute atomic E-state index is 0.0954. The second kappa shape index (κ2) is 7.91. The van der Waals surface area contributed by atoms with Gasteiger partial charge in [-0.1, -0.05) is 50.6 Å². The normalized spacial score (nSPS) is 11.1. The summed E-state index contributed by atoms with van der Waals surface area (Å²) in [5, 5.41) is 2.64. The van der Waals surface area contributed by atoms with Crippen LogP contribution < -0.4 is 5.32 Å². The molecule has 1 rings (SSSR count). The highest BCUT2D eigenvalue weighted by Crippen LogP contribution is 2.18. The molecule has 1 unspecified atom stereocenters. The number of benzene rings is 1. The Labute approximate surface area is 99.1 Å². The predicted octanol–water partition coefficient (Wildman–Crippen LogP) is 3.26. The van der Waals surface area contributed by atoms with Gasteiger partial charge in [0, 0.05) is 13.5 Å². The summed E-state index contributed by atoms with van der Waals surface area (Å²) in [7, 11) is 1.67. The minimum atomic E-state index is 0.0954.